The van der Waals surface area contributed by atoms with Crippen molar-refractivity contribution in [2.24, 2.45) is 0 Å². The van der Waals surface area contributed by atoms with Gasteiger partial charge in [0.15, 0.2) is 5.58 Å². The van der Waals surface area contributed by atoms with Crippen LogP contribution in [0.25, 0.3) is 83.0 Å². The number of fused-ring (bicyclic) bond motifs is 7. The van der Waals surface area contributed by atoms with Crippen molar-refractivity contribution in [2.75, 3.05) is 0 Å². The predicted octanol–water partition coefficient (Wildman–Crippen LogP) is 12.9. The Balaban J connectivity index is 1.16. The summed E-state index contributed by atoms with van der Waals surface area (Å²) in [5.74, 6) is 0. The molecule has 0 saturated heterocycles. The highest BCUT2D eigenvalue weighted by Crippen LogP contribution is 2.43. The zero-order chi connectivity index (χ0) is 35.6. The van der Waals surface area contributed by atoms with Crippen LogP contribution >= 0.6 is 0 Å². The smallest absolute Gasteiger partial charge is 0.159 e. The minimum Gasteiger partial charge on any atom is -0.454 e. The van der Waals surface area contributed by atoms with Gasteiger partial charge in [-0.2, -0.15) is 0 Å². The second-order valence-corrected chi connectivity index (χ2v) is 14.1. The zero-order valence-corrected chi connectivity index (χ0v) is 29.4. The second-order valence-electron chi connectivity index (χ2n) is 14.1. The van der Waals surface area contributed by atoms with Gasteiger partial charge in [-0.05, 0) is 69.3 Å². The molecule has 0 amide bonds. The van der Waals surface area contributed by atoms with Crippen molar-refractivity contribution in [3.63, 3.8) is 0 Å². The van der Waals surface area contributed by atoms with E-state index in [1.807, 2.05) is 0 Å². The highest BCUT2D eigenvalue weighted by Gasteiger charge is 2.26. The lowest BCUT2D eigenvalue weighted by molar-refractivity contribution is 0.666. The van der Waals surface area contributed by atoms with Gasteiger partial charge in [-0.25, -0.2) is 0 Å². The summed E-state index contributed by atoms with van der Waals surface area (Å²) in [6, 6.07) is 58.7. The number of nitrogens with one attached hydrogen (secondary N) is 1. The van der Waals surface area contributed by atoms with Crippen LogP contribution in [-0.2, 0) is 0 Å². The fourth-order valence-corrected chi connectivity index (χ4v) is 8.52. The van der Waals surface area contributed by atoms with Gasteiger partial charge in [-0.1, -0.05) is 164 Å². The predicted molar refractivity (Wildman–Crippen MR) is 225 cm³/mol. The first-order valence-corrected chi connectivity index (χ1v) is 18.6. The van der Waals surface area contributed by atoms with Crippen LogP contribution < -0.4 is 5.32 Å². The normalized spacial score (nSPS) is 15.3. The lowest BCUT2D eigenvalue weighted by Crippen LogP contribution is -2.31. The van der Waals surface area contributed by atoms with Crippen LogP contribution in [0.15, 0.2) is 204 Å². The Kier molecular flexibility index (Phi) is 6.93. The van der Waals surface area contributed by atoms with Crippen molar-refractivity contribution in [1.82, 2.24) is 9.88 Å². The number of para-hydroxylation sites is 1. The van der Waals surface area contributed by atoms with Crippen molar-refractivity contribution in [2.45, 2.75) is 6.04 Å². The maximum absolute atomic E-state index is 6.97. The first kappa shape index (κ1) is 30.5. The third-order valence-electron chi connectivity index (χ3n) is 11.0. The van der Waals surface area contributed by atoms with Gasteiger partial charge in [0.25, 0.3) is 0 Å². The molecule has 1 atom stereocenters. The van der Waals surface area contributed by atoms with Crippen molar-refractivity contribution >= 4 is 55.0 Å². The van der Waals surface area contributed by atoms with Crippen LogP contribution in [0.4, 0.5) is 0 Å². The monoisotopic (exact) mass is 690 g/mol. The van der Waals surface area contributed by atoms with Crippen LogP contribution in [0.5, 0.6) is 0 Å². The number of dihydropyridines is 1. The van der Waals surface area contributed by atoms with Crippen molar-refractivity contribution in [3.05, 3.63) is 211 Å². The summed E-state index contributed by atoms with van der Waals surface area (Å²) in [5, 5.41) is 8.48. The van der Waals surface area contributed by atoms with Gasteiger partial charge in [-0.15, -0.1) is 0 Å². The standard InChI is InChI=1S/C51H34N2O/c1-4-14-33(15-5-1)36-26-28-39-40-29-27-37(34-16-6-2-7-17-34)31-48(40)53(47(39)30-36)46-24-12-22-42-50-41(21-13-25-49(50)54-51(42)46)45-32-43(35-18-8-3-9-19-35)38-20-10-11-23-44(38)52-45/h1-32,44,52H. The quantitative estimate of drug-likeness (QED) is 0.195. The molecular weight excluding hydrogens is 657 g/mol. The first-order chi connectivity index (χ1) is 26.8. The van der Waals surface area contributed by atoms with E-state index in [1.54, 1.807) is 0 Å². The summed E-state index contributed by atoms with van der Waals surface area (Å²) >= 11 is 0. The molecule has 0 saturated carbocycles. The van der Waals surface area contributed by atoms with E-state index in [4.69, 9.17) is 4.42 Å². The van der Waals surface area contributed by atoms with Gasteiger partial charge < -0.3 is 14.3 Å². The van der Waals surface area contributed by atoms with Gasteiger partial charge in [0.1, 0.15) is 5.58 Å². The fraction of sp³-hybridized carbons (Fsp3) is 0.0196. The molecule has 0 spiro atoms. The Hall–Kier alpha value is -7.10. The number of hydrogen-bond donors (Lipinski definition) is 1. The molecule has 3 heterocycles. The minimum atomic E-state index is 0.0735. The number of allylic oxidation sites excluding steroid dienone is 4. The Morgan fingerprint density at radius 2 is 1.15 bits per heavy atom. The summed E-state index contributed by atoms with van der Waals surface area (Å²) < 4.78 is 9.38. The molecule has 2 aromatic heterocycles. The Bertz CT molecular complexity index is 2950. The molecule has 3 heteroatoms. The van der Waals surface area contributed by atoms with Crippen molar-refractivity contribution in [1.29, 1.82) is 0 Å². The van der Waals surface area contributed by atoms with Crippen LogP contribution in [0, 0.1) is 0 Å². The zero-order valence-electron chi connectivity index (χ0n) is 29.4. The molecule has 254 valence electrons. The van der Waals surface area contributed by atoms with E-state index in [-0.39, 0.29) is 6.04 Å². The highest BCUT2D eigenvalue weighted by atomic mass is 16.3. The summed E-state index contributed by atoms with van der Waals surface area (Å²) in [6.07, 6.45) is 11.0. The highest BCUT2D eigenvalue weighted by molar-refractivity contribution is 6.16. The van der Waals surface area contributed by atoms with Gasteiger partial charge in [0.05, 0.1) is 22.8 Å². The summed E-state index contributed by atoms with van der Waals surface area (Å²) in [6.45, 7) is 0. The van der Waals surface area contributed by atoms with Crippen LogP contribution in [0.2, 0.25) is 0 Å². The molecule has 3 nitrogen and oxygen atoms in total. The molecule has 1 aliphatic heterocycles. The SMILES string of the molecule is C1=CC2=C(c3ccccc3)C=C(c3cccc4oc5c(-n6c7cc(-c8ccccc8)ccc7c7ccc(-c8ccccc8)cc76)cccc5c34)NC2C=C1. The van der Waals surface area contributed by atoms with E-state index in [1.165, 1.54) is 49.7 Å². The van der Waals surface area contributed by atoms with Crippen LogP contribution in [0.3, 0.4) is 0 Å². The topological polar surface area (TPSA) is 30.1 Å². The lowest BCUT2D eigenvalue weighted by Gasteiger charge is -2.29. The van der Waals surface area contributed by atoms with Crippen molar-refractivity contribution in [3.8, 4) is 27.9 Å². The van der Waals surface area contributed by atoms with Gasteiger partial charge in [-0.3, -0.25) is 0 Å². The number of nitrogens with zero attached hydrogens (tertiary/aromatic N) is 1. The number of hydrogen-bond acceptors (Lipinski definition) is 2. The molecule has 54 heavy (non-hydrogen) atoms. The lowest BCUT2D eigenvalue weighted by atomic mass is 9.87. The van der Waals surface area contributed by atoms with Crippen LogP contribution in [-0.4, -0.2) is 10.6 Å². The maximum atomic E-state index is 6.97. The second kappa shape index (κ2) is 12.3. The maximum Gasteiger partial charge on any atom is 0.159 e. The summed E-state index contributed by atoms with van der Waals surface area (Å²) in [4.78, 5) is 0. The molecule has 1 aliphatic carbocycles. The third-order valence-corrected chi connectivity index (χ3v) is 11.0. The average Bonchev–Trinajstić information content (AvgIpc) is 3.79. The van der Waals surface area contributed by atoms with E-state index < -0.39 is 0 Å². The number of aromatic nitrogens is 1. The molecular formula is C51H34N2O. The Morgan fingerprint density at radius 3 is 1.81 bits per heavy atom. The minimum absolute atomic E-state index is 0.0735. The van der Waals surface area contributed by atoms with Gasteiger partial charge in [0, 0.05) is 32.8 Å². The molecule has 0 fully saturated rings. The third kappa shape index (κ3) is 4.83. The van der Waals surface area contributed by atoms with E-state index in [0.29, 0.717) is 0 Å². The van der Waals surface area contributed by atoms with E-state index in [2.05, 4.69) is 204 Å². The summed E-state index contributed by atoms with van der Waals surface area (Å²) in [5.41, 5.74) is 15.7. The van der Waals surface area contributed by atoms with Crippen LogP contribution in [0.1, 0.15) is 11.1 Å². The molecule has 0 radical (unpaired) electrons. The molecule has 1 N–H and O–H groups in total. The number of rotatable bonds is 5. The van der Waals surface area contributed by atoms with E-state index in [9.17, 15) is 0 Å². The van der Waals surface area contributed by atoms with E-state index >= 15 is 0 Å². The molecule has 0 bridgehead atoms. The van der Waals surface area contributed by atoms with Gasteiger partial charge in [0.2, 0.25) is 0 Å². The average molecular weight is 691 g/mol. The van der Waals surface area contributed by atoms with E-state index in [0.717, 1.165) is 49.9 Å². The van der Waals surface area contributed by atoms with Gasteiger partial charge >= 0.3 is 0 Å². The molecule has 9 aromatic rings. The Labute approximate surface area is 313 Å². The van der Waals surface area contributed by atoms with Crippen molar-refractivity contribution < 1.29 is 4.42 Å². The number of furan rings is 1. The summed E-state index contributed by atoms with van der Waals surface area (Å²) in [7, 11) is 0. The Morgan fingerprint density at radius 1 is 0.519 bits per heavy atom. The fourth-order valence-electron chi connectivity index (χ4n) is 8.52. The number of benzene rings is 7. The first-order valence-electron chi connectivity index (χ1n) is 18.6. The molecule has 11 rings (SSSR count). The molecule has 1 unspecified atom stereocenters. The largest absolute Gasteiger partial charge is 0.454 e. The molecule has 7 aromatic carbocycles. The molecule has 2 aliphatic rings.